The van der Waals surface area contributed by atoms with Crippen molar-refractivity contribution in [3.05, 3.63) is 0 Å². The van der Waals surface area contributed by atoms with Gasteiger partial charge in [-0.05, 0) is 63.6 Å². The van der Waals surface area contributed by atoms with E-state index >= 15 is 0 Å². The molecule has 1 heterocycles. The summed E-state index contributed by atoms with van der Waals surface area (Å²) >= 11 is 0. The van der Waals surface area contributed by atoms with Crippen molar-refractivity contribution in [3.63, 3.8) is 0 Å². The van der Waals surface area contributed by atoms with E-state index in [0.717, 1.165) is 44.7 Å². The Morgan fingerprint density at radius 1 is 1.21 bits per heavy atom. The van der Waals surface area contributed by atoms with E-state index in [-0.39, 0.29) is 5.92 Å². The lowest BCUT2D eigenvalue weighted by molar-refractivity contribution is -0.127. The summed E-state index contributed by atoms with van der Waals surface area (Å²) in [4.78, 5) is 14.7. The molecule has 0 spiro atoms. The third-order valence-electron chi connectivity index (χ3n) is 4.82. The van der Waals surface area contributed by atoms with Crippen LogP contribution in [0.25, 0.3) is 0 Å². The van der Waals surface area contributed by atoms with E-state index in [9.17, 15) is 4.79 Å². The fourth-order valence-corrected chi connectivity index (χ4v) is 4.05. The van der Waals surface area contributed by atoms with Gasteiger partial charge in [0.1, 0.15) is 0 Å². The van der Waals surface area contributed by atoms with Gasteiger partial charge in [0.25, 0.3) is 0 Å². The van der Waals surface area contributed by atoms with Crippen LogP contribution in [-0.2, 0) is 4.79 Å². The predicted molar refractivity (Wildman–Crippen MR) is 78.9 cm³/mol. The number of hydrogen-bond acceptors (Lipinski definition) is 2. The minimum Gasteiger partial charge on any atom is -0.353 e. The molecule has 0 aromatic rings. The number of likely N-dealkylation sites (tertiary alicyclic amines) is 1. The Morgan fingerprint density at radius 2 is 1.84 bits per heavy atom. The second-order valence-electron chi connectivity index (χ2n) is 7.70. The van der Waals surface area contributed by atoms with Gasteiger partial charge in [0, 0.05) is 12.0 Å². The lowest BCUT2D eigenvalue weighted by Crippen LogP contribution is -2.47. The number of carbonyl (C=O) groups is 1. The predicted octanol–water partition coefficient (Wildman–Crippen LogP) is 2.66. The van der Waals surface area contributed by atoms with Crippen LogP contribution >= 0.6 is 0 Å². The largest absolute Gasteiger partial charge is 0.353 e. The number of piperidine rings is 1. The van der Waals surface area contributed by atoms with E-state index in [1.165, 1.54) is 6.42 Å². The minimum absolute atomic E-state index is 0.247. The molecule has 1 aliphatic heterocycles. The molecule has 2 fully saturated rings. The van der Waals surface area contributed by atoms with Crippen LogP contribution < -0.4 is 5.32 Å². The van der Waals surface area contributed by atoms with Crippen LogP contribution in [0.5, 0.6) is 0 Å². The number of amides is 1. The zero-order valence-corrected chi connectivity index (χ0v) is 13.0. The van der Waals surface area contributed by atoms with Crippen molar-refractivity contribution in [2.24, 2.45) is 17.3 Å². The van der Waals surface area contributed by atoms with Crippen molar-refractivity contribution in [1.29, 1.82) is 0 Å². The van der Waals surface area contributed by atoms with Crippen molar-refractivity contribution >= 4 is 5.91 Å². The van der Waals surface area contributed by atoms with Gasteiger partial charge in [-0.2, -0.15) is 0 Å². The van der Waals surface area contributed by atoms with Crippen LogP contribution in [0.15, 0.2) is 0 Å². The molecule has 2 aliphatic rings. The number of hydrogen-bond donors (Lipinski definition) is 1. The first-order valence-corrected chi connectivity index (χ1v) is 7.85. The summed E-state index contributed by atoms with van der Waals surface area (Å²) in [7, 11) is 2.14. The lowest BCUT2D eigenvalue weighted by Gasteiger charge is -2.40. The van der Waals surface area contributed by atoms with Gasteiger partial charge in [-0.3, -0.25) is 4.79 Å². The summed E-state index contributed by atoms with van der Waals surface area (Å²) in [6.45, 7) is 9.10. The molecule has 2 rings (SSSR count). The Bertz CT molecular complexity index is 319. The van der Waals surface area contributed by atoms with Gasteiger partial charge >= 0.3 is 0 Å². The average Bonchev–Trinajstić information content (AvgIpc) is 2.26. The van der Waals surface area contributed by atoms with Gasteiger partial charge in [0.15, 0.2) is 0 Å². The molecule has 2 atom stereocenters. The summed E-state index contributed by atoms with van der Waals surface area (Å²) in [6, 6.07) is 0.394. The molecule has 0 bridgehead atoms. The van der Waals surface area contributed by atoms with Crippen LogP contribution in [0, 0.1) is 17.3 Å². The second-order valence-corrected chi connectivity index (χ2v) is 7.70. The number of nitrogens with zero attached hydrogens (tertiary/aromatic N) is 1. The number of carbonyl (C=O) groups excluding carboxylic acids is 1. The maximum absolute atomic E-state index is 12.4. The van der Waals surface area contributed by atoms with E-state index in [1.54, 1.807) is 0 Å². The first kappa shape index (κ1) is 14.8. The van der Waals surface area contributed by atoms with Gasteiger partial charge in [0.05, 0.1) is 0 Å². The van der Waals surface area contributed by atoms with E-state index in [2.05, 4.69) is 38.0 Å². The molecule has 1 N–H and O–H groups in total. The maximum Gasteiger partial charge on any atom is 0.223 e. The molecule has 3 nitrogen and oxygen atoms in total. The Kier molecular flexibility index (Phi) is 4.54. The van der Waals surface area contributed by atoms with Gasteiger partial charge in [-0.15, -0.1) is 0 Å². The van der Waals surface area contributed by atoms with Gasteiger partial charge in [-0.25, -0.2) is 0 Å². The summed E-state index contributed by atoms with van der Waals surface area (Å²) < 4.78 is 0. The topological polar surface area (TPSA) is 32.3 Å². The highest BCUT2D eigenvalue weighted by atomic mass is 16.1. The highest BCUT2D eigenvalue weighted by molar-refractivity contribution is 5.79. The zero-order chi connectivity index (χ0) is 14.0. The quantitative estimate of drug-likeness (QED) is 0.833. The molecule has 1 saturated heterocycles. The van der Waals surface area contributed by atoms with E-state index in [1.807, 2.05) is 0 Å². The summed E-state index contributed by atoms with van der Waals surface area (Å²) in [5, 5.41) is 3.33. The van der Waals surface area contributed by atoms with Crippen LogP contribution in [0.2, 0.25) is 0 Å². The van der Waals surface area contributed by atoms with Crippen molar-refractivity contribution in [2.75, 3.05) is 20.1 Å². The number of nitrogens with one attached hydrogen (secondary N) is 1. The monoisotopic (exact) mass is 266 g/mol. The molecule has 1 amide bonds. The summed E-state index contributed by atoms with van der Waals surface area (Å²) in [6.07, 6.45) is 5.62. The smallest absolute Gasteiger partial charge is 0.223 e. The average molecular weight is 266 g/mol. The van der Waals surface area contributed by atoms with Crippen molar-refractivity contribution < 1.29 is 4.79 Å². The maximum atomic E-state index is 12.4. The third-order valence-corrected chi connectivity index (χ3v) is 4.82. The molecule has 2 unspecified atom stereocenters. The minimum atomic E-state index is 0.247. The zero-order valence-electron chi connectivity index (χ0n) is 13.0. The molecular weight excluding hydrogens is 236 g/mol. The number of rotatable bonds is 2. The van der Waals surface area contributed by atoms with Crippen LogP contribution in [-0.4, -0.2) is 37.0 Å². The van der Waals surface area contributed by atoms with Crippen molar-refractivity contribution in [3.8, 4) is 0 Å². The fourth-order valence-electron chi connectivity index (χ4n) is 4.05. The Balaban J connectivity index is 1.85. The van der Waals surface area contributed by atoms with E-state index < -0.39 is 0 Å². The molecule has 110 valence electrons. The molecule has 0 radical (unpaired) electrons. The standard InChI is InChI=1S/C16H30N2O/c1-12-9-14(11-16(2,3)10-12)17-15(19)13-5-7-18(4)8-6-13/h12-14H,5-11H2,1-4H3,(H,17,19). The molecular formula is C16H30N2O. The molecule has 0 aromatic heterocycles. The van der Waals surface area contributed by atoms with Crippen molar-refractivity contribution in [1.82, 2.24) is 10.2 Å². The van der Waals surface area contributed by atoms with Crippen molar-refractivity contribution in [2.45, 2.75) is 58.9 Å². The normalized spacial score (nSPS) is 33.1. The SMILES string of the molecule is CC1CC(NC(=O)C2CCN(C)CC2)CC(C)(C)C1. The highest BCUT2D eigenvalue weighted by Gasteiger charge is 2.34. The summed E-state index contributed by atoms with van der Waals surface area (Å²) in [5.74, 6) is 1.28. The molecule has 3 heteroatoms. The van der Waals surface area contributed by atoms with Gasteiger partial charge in [-0.1, -0.05) is 20.8 Å². The van der Waals surface area contributed by atoms with Crippen LogP contribution in [0.1, 0.15) is 52.9 Å². The van der Waals surface area contributed by atoms with Crippen LogP contribution in [0.3, 0.4) is 0 Å². The van der Waals surface area contributed by atoms with Crippen LogP contribution in [0.4, 0.5) is 0 Å². The van der Waals surface area contributed by atoms with Gasteiger partial charge in [0.2, 0.25) is 5.91 Å². The highest BCUT2D eigenvalue weighted by Crippen LogP contribution is 2.38. The fraction of sp³-hybridized carbons (Fsp3) is 0.938. The Morgan fingerprint density at radius 3 is 2.42 bits per heavy atom. The third kappa shape index (κ3) is 4.20. The molecule has 19 heavy (non-hydrogen) atoms. The Hall–Kier alpha value is -0.570. The molecule has 0 aromatic carbocycles. The first-order valence-electron chi connectivity index (χ1n) is 7.85. The second kappa shape index (κ2) is 5.82. The van der Waals surface area contributed by atoms with Gasteiger partial charge < -0.3 is 10.2 Å². The lowest BCUT2D eigenvalue weighted by atomic mass is 9.70. The first-order chi connectivity index (χ1) is 8.85. The summed E-state index contributed by atoms with van der Waals surface area (Å²) in [5.41, 5.74) is 0.377. The Labute approximate surface area is 118 Å². The van der Waals surface area contributed by atoms with E-state index in [0.29, 0.717) is 17.4 Å². The molecule has 1 aliphatic carbocycles. The van der Waals surface area contributed by atoms with E-state index in [4.69, 9.17) is 0 Å². The molecule has 1 saturated carbocycles.